The fourth-order valence-corrected chi connectivity index (χ4v) is 8.56. The summed E-state index contributed by atoms with van der Waals surface area (Å²) >= 11 is 0. The van der Waals surface area contributed by atoms with Crippen LogP contribution < -0.4 is 0 Å². The van der Waals surface area contributed by atoms with Crippen molar-refractivity contribution in [3.63, 3.8) is 0 Å². The molecule has 0 aliphatic heterocycles. The van der Waals surface area contributed by atoms with Gasteiger partial charge in [0.05, 0.1) is 15.9 Å². The highest BCUT2D eigenvalue weighted by Crippen LogP contribution is 2.48. The zero-order chi connectivity index (χ0) is 30.7. The fourth-order valence-electron chi connectivity index (χ4n) is 7.03. The van der Waals surface area contributed by atoms with E-state index in [1.807, 2.05) is 56.3 Å². The van der Waals surface area contributed by atoms with Gasteiger partial charge in [-0.3, -0.25) is 0 Å². The zero-order valence-electron chi connectivity index (χ0n) is 25.7. The van der Waals surface area contributed by atoms with Crippen LogP contribution in [-0.2, 0) is 15.4 Å². The lowest BCUT2D eigenvalue weighted by Crippen LogP contribution is -2.13. The van der Waals surface area contributed by atoms with E-state index >= 15 is 0 Å². The van der Waals surface area contributed by atoms with Gasteiger partial charge in [0.2, 0.25) is 0 Å². The minimum absolute atomic E-state index is 0.0117. The first-order valence-electron chi connectivity index (χ1n) is 15.0. The summed E-state index contributed by atoms with van der Waals surface area (Å²) in [7, 11) is -3.97. The van der Waals surface area contributed by atoms with E-state index in [9.17, 15) is 8.42 Å². The normalized spacial score (nSPS) is 13.0. The molecule has 0 aliphatic rings. The lowest BCUT2D eigenvalue weighted by Gasteiger charge is -2.19. The van der Waals surface area contributed by atoms with Gasteiger partial charge in [0.25, 0.3) is 10.0 Å². The molecule has 0 atom stereocenters. The molecule has 8 rings (SSSR count). The molecule has 8 aromatic rings. The zero-order valence-corrected chi connectivity index (χ0v) is 26.6. The molecule has 0 saturated carbocycles. The number of furan rings is 1. The van der Waals surface area contributed by atoms with Crippen LogP contribution in [0.5, 0.6) is 0 Å². The molecule has 44 heavy (non-hydrogen) atoms. The highest BCUT2D eigenvalue weighted by atomic mass is 32.2. The molecule has 2 aromatic heterocycles. The molecule has 218 valence electrons. The average Bonchev–Trinajstić information content (AvgIpc) is 3.54. The predicted molar refractivity (Wildman–Crippen MR) is 184 cm³/mol. The molecular formula is C39H33NO3S. The number of benzene rings is 6. The minimum atomic E-state index is -3.97. The Morgan fingerprint density at radius 1 is 0.659 bits per heavy atom. The maximum Gasteiger partial charge on any atom is 0.268 e. The first kappa shape index (κ1) is 27.0. The fraction of sp³-hybridized carbons (Fsp3) is 0.179. The van der Waals surface area contributed by atoms with Crippen molar-refractivity contribution in [3.8, 4) is 0 Å². The third kappa shape index (κ3) is 3.66. The van der Waals surface area contributed by atoms with E-state index in [0.29, 0.717) is 11.0 Å². The molecule has 0 radical (unpaired) electrons. The third-order valence-electron chi connectivity index (χ3n) is 9.14. The van der Waals surface area contributed by atoms with Gasteiger partial charge in [0, 0.05) is 32.3 Å². The Labute approximate surface area is 256 Å². The van der Waals surface area contributed by atoms with Crippen LogP contribution in [0.15, 0.2) is 100 Å². The first-order chi connectivity index (χ1) is 20.9. The summed E-state index contributed by atoms with van der Waals surface area (Å²) in [4.78, 5) is 0.266. The molecule has 0 unspecified atom stereocenters. The monoisotopic (exact) mass is 595 g/mol. The lowest BCUT2D eigenvalue weighted by molar-refractivity contribution is 0.590. The van der Waals surface area contributed by atoms with Crippen LogP contribution in [-0.4, -0.2) is 12.4 Å². The Kier molecular flexibility index (Phi) is 5.49. The van der Waals surface area contributed by atoms with Gasteiger partial charge in [-0.15, -0.1) is 0 Å². The molecule has 0 spiro atoms. The molecule has 0 amide bonds. The topological polar surface area (TPSA) is 52.2 Å². The summed E-state index contributed by atoms with van der Waals surface area (Å²) in [6, 6.07) is 30.2. The molecule has 0 N–H and O–H groups in total. The van der Waals surface area contributed by atoms with Gasteiger partial charge in [-0.2, -0.15) is 0 Å². The summed E-state index contributed by atoms with van der Waals surface area (Å²) in [6.07, 6.45) is 0. The molecule has 0 bridgehead atoms. The second-order valence-electron chi connectivity index (χ2n) is 13.3. The maximum atomic E-state index is 14.7. The summed E-state index contributed by atoms with van der Waals surface area (Å²) in [5, 5.41) is 7.78. The Morgan fingerprint density at radius 2 is 1.39 bits per heavy atom. The van der Waals surface area contributed by atoms with Gasteiger partial charge in [0.1, 0.15) is 11.2 Å². The highest BCUT2D eigenvalue weighted by Gasteiger charge is 2.29. The van der Waals surface area contributed by atoms with Crippen molar-refractivity contribution in [3.05, 3.63) is 113 Å². The quantitative estimate of drug-likeness (QED) is 0.200. The van der Waals surface area contributed by atoms with Crippen molar-refractivity contribution < 1.29 is 12.8 Å². The van der Waals surface area contributed by atoms with Crippen LogP contribution in [0.3, 0.4) is 0 Å². The molecule has 4 nitrogen and oxygen atoms in total. The number of rotatable bonds is 2. The number of aromatic nitrogens is 1. The van der Waals surface area contributed by atoms with E-state index in [1.165, 1.54) is 5.56 Å². The average molecular weight is 596 g/mol. The van der Waals surface area contributed by atoms with Crippen LogP contribution in [0.1, 0.15) is 43.0 Å². The number of hydrogen-bond acceptors (Lipinski definition) is 3. The molecule has 0 aliphatic carbocycles. The van der Waals surface area contributed by atoms with Crippen molar-refractivity contribution in [1.29, 1.82) is 0 Å². The number of hydrogen-bond donors (Lipinski definition) is 0. The minimum Gasteiger partial charge on any atom is -0.455 e. The van der Waals surface area contributed by atoms with Gasteiger partial charge in [-0.25, -0.2) is 12.4 Å². The van der Waals surface area contributed by atoms with E-state index in [4.69, 9.17) is 4.42 Å². The summed E-state index contributed by atoms with van der Waals surface area (Å²) in [6.45, 7) is 12.7. The van der Waals surface area contributed by atoms with Gasteiger partial charge in [0.15, 0.2) is 0 Å². The largest absolute Gasteiger partial charge is 0.455 e. The summed E-state index contributed by atoms with van der Waals surface area (Å²) in [5.74, 6) is 0. The molecule has 0 saturated heterocycles. The van der Waals surface area contributed by atoms with Gasteiger partial charge in [-0.05, 0) is 77.9 Å². The Bertz CT molecular complexity index is 2610. The Balaban J connectivity index is 1.68. The van der Waals surface area contributed by atoms with Crippen LogP contribution in [0.4, 0.5) is 0 Å². The van der Waals surface area contributed by atoms with Crippen LogP contribution in [0.2, 0.25) is 0 Å². The molecule has 2 heterocycles. The van der Waals surface area contributed by atoms with Gasteiger partial charge >= 0.3 is 0 Å². The SMILES string of the molecule is Cc1ccc(S(=O)(=O)n2c3cc(C)cc(C)c3c3c4c(oc5ccc6cc(C(C)(C)C)ccc6c54)c4ccccc4c32)cc1. The van der Waals surface area contributed by atoms with E-state index in [0.717, 1.165) is 70.9 Å². The van der Waals surface area contributed by atoms with Crippen LogP contribution in [0, 0.1) is 20.8 Å². The second kappa shape index (κ2) is 8.96. The van der Waals surface area contributed by atoms with E-state index < -0.39 is 10.0 Å². The summed E-state index contributed by atoms with van der Waals surface area (Å²) in [5.41, 5.74) is 7.26. The van der Waals surface area contributed by atoms with Gasteiger partial charge < -0.3 is 4.42 Å². The molecular weight excluding hydrogens is 563 g/mol. The number of nitrogens with zero attached hydrogens (tertiary/aromatic N) is 1. The Hall–Kier alpha value is -4.61. The number of aryl methyl sites for hydroxylation is 3. The molecule has 0 fully saturated rings. The molecule has 5 heteroatoms. The summed E-state index contributed by atoms with van der Waals surface area (Å²) < 4.78 is 37.8. The first-order valence-corrected chi connectivity index (χ1v) is 16.5. The van der Waals surface area contributed by atoms with E-state index in [-0.39, 0.29) is 10.3 Å². The van der Waals surface area contributed by atoms with Crippen molar-refractivity contribution in [2.24, 2.45) is 0 Å². The van der Waals surface area contributed by atoms with Gasteiger partial charge in [-0.1, -0.05) is 93.1 Å². The standard InChI is InChI=1S/C39H33NO3S/c1-22-11-15-27(16-12-22)44(41,42)40-31-20-23(2)19-24(3)33(31)35-36-34-28-17-14-26(39(4,5)6)21-25(28)13-18-32(34)43-38(36)30-10-8-7-9-29(30)37(35)40/h7-21H,1-6H3. The smallest absolute Gasteiger partial charge is 0.268 e. The Morgan fingerprint density at radius 3 is 2.11 bits per heavy atom. The van der Waals surface area contributed by atoms with E-state index in [2.05, 4.69) is 64.1 Å². The highest BCUT2D eigenvalue weighted by molar-refractivity contribution is 7.90. The van der Waals surface area contributed by atoms with E-state index in [1.54, 1.807) is 16.1 Å². The number of fused-ring (bicyclic) bond motifs is 12. The molecule has 6 aromatic carbocycles. The van der Waals surface area contributed by atoms with Crippen molar-refractivity contribution >= 4 is 75.3 Å². The van der Waals surface area contributed by atoms with Crippen LogP contribution in [0.25, 0.3) is 65.3 Å². The van der Waals surface area contributed by atoms with Crippen molar-refractivity contribution in [1.82, 2.24) is 3.97 Å². The van der Waals surface area contributed by atoms with Crippen molar-refractivity contribution in [2.75, 3.05) is 0 Å². The predicted octanol–water partition coefficient (Wildman–Crippen LogP) is 10.5. The second-order valence-corrected chi connectivity index (χ2v) is 15.0. The maximum absolute atomic E-state index is 14.7. The van der Waals surface area contributed by atoms with Crippen LogP contribution >= 0.6 is 0 Å². The van der Waals surface area contributed by atoms with Crippen molar-refractivity contribution in [2.45, 2.75) is 51.9 Å². The lowest BCUT2D eigenvalue weighted by atomic mass is 9.85. The third-order valence-corrected chi connectivity index (χ3v) is 10.9.